The van der Waals surface area contributed by atoms with Gasteiger partial charge in [-0.1, -0.05) is 12.1 Å². The maximum atomic E-state index is 13.0. The number of aromatic nitrogens is 3. The lowest BCUT2D eigenvalue weighted by Crippen LogP contribution is -2.64. The zero-order valence-electron chi connectivity index (χ0n) is 17.2. The lowest BCUT2D eigenvalue weighted by atomic mass is 9.73. The molecule has 0 unspecified atom stereocenters. The van der Waals surface area contributed by atoms with Crippen LogP contribution in [0.25, 0.3) is 11.0 Å². The number of carbonyl (C=O) groups excluding carboxylic acids is 1. The Labute approximate surface area is 174 Å². The highest BCUT2D eigenvalue weighted by Gasteiger charge is 2.50. The van der Waals surface area contributed by atoms with Crippen molar-refractivity contribution in [1.82, 2.24) is 19.9 Å². The van der Waals surface area contributed by atoms with Crippen LogP contribution in [0.1, 0.15) is 5.56 Å². The molecule has 1 aromatic carbocycles. The maximum absolute atomic E-state index is 13.0. The van der Waals surface area contributed by atoms with E-state index in [4.69, 9.17) is 14.6 Å². The van der Waals surface area contributed by atoms with E-state index in [1.165, 1.54) is 0 Å². The predicted octanol–water partition coefficient (Wildman–Crippen LogP) is 1.80. The number of rotatable bonds is 5. The van der Waals surface area contributed by atoms with Gasteiger partial charge in [0, 0.05) is 33.4 Å². The van der Waals surface area contributed by atoms with Crippen molar-refractivity contribution in [3.63, 3.8) is 0 Å². The minimum atomic E-state index is -0.472. The number of ether oxygens (including phenoxy) is 1. The van der Waals surface area contributed by atoms with Crippen LogP contribution in [0.3, 0.4) is 0 Å². The second-order valence-electron chi connectivity index (χ2n) is 7.40. The number of H-pyrrole nitrogens is 1. The molecule has 3 heterocycles. The summed E-state index contributed by atoms with van der Waals surface area (Å²) in [7, 11) is 5.28. The van der Waals surface area contributed by atoms with Crippen molar-refractivity contribution < 1.29 is 19.4 Å². The first-order valence-corrected chi connectivity index (χ1v) is 9.39. The van der Waals surface area contributed by atoms with E-state index in [0.717, 1.165) is 28.2 Å². The number of carbonyl (C=O) groups is 2. The molecule has 1 aliphatic rings. The van der Waals surface area contributed by atoms with Crippen LogP contribution in [0.5, 0.6) is 5.75 Å². The van der Waals surface area contributed by atoms with Gasteiger partial charge < -0.3 is 24.6 Å². The van der Waals surface area contributed by atoms with Crippen molar-refractivity contribution in [2.45, 2.75) is 6.42 Å². The Balaban J connectivity index is 0.000000806. The fraction of sp³-hybridized carbons (Fsp3) is 0.333. The smallest absolute Gasteiger partial charge is 0.290 e. The summed E-state index contributed by atoms with van der Waals surface area (Å²) in [5.74, 6) is 1.79. The molecule has 2 aromatic heterocycles. The van der Waals surface area contributed by atoms with Gasteiger partial charge in [0.05, 0.1) is 18.0 Å². The van der Waals surface area contributed by atoms with Crippen molar-refractivity contribution in [3.05, 3.63) is 48.4 Å². The Morgan fingerprint density at radius 1 is 1.33 bits per heavy atom. The van der Waals surface area contributed by atoms with Gasteiger partial charge in [-0.05, 0) is 30.2 Å². The van der Waals surface area contributed by atoms with Gasteiger partial charge in [-0.25, -0.2) is 9.97 Å². The van der Waals surface area contributed by atoms with Crippen molar-refractivity contribution in [2.24, 2.45) is 5.41 Å². The van der Waals surface area contributed by atoms with E-state index in [-0.39, 0.29) is 12.4 Å². The van der Waals surface area contributed by atoms with E-state index in [0.29, 0.717) is 19.5 Å². The van der Waals surface area contributed by atoms with Crippen LogP contribution in [0.15, 0.2) is 42.9 Å². The Hall–Kier alpha value is -3.62. The number of nitrogens with zero attached hydrogens (tertiary/aromatic N) is 4. The Morgan fingerprint density at radius 2 is 2.07 bits per heavy atom. The first-order chi connectivity index (χ1) is 14.4. The van der Waals surface area contributed by atoms with Crippen molar-refractivity contribution in [3.8, 4) is 5.75 Å². The molecule has 158 valence electrons. The molecule has 3 aromatic rings. The first-order valence-electron chi connectivity index (χ1n) is 9.39. The summed E-state index contributed by atoms with van der Waals surface area (Å²) < 4.78 is 5.33. The van der Waals surface area contributed by atoms with Crippen LogP contribution in [-0.4, -0.2) is 71.6 Å². The van der Waals surface area contributed by atoms with Crippen LogP contribution < -0.4 is 9.64 Å². The minimum absolute atomic E-state index is 0.137. The number of hydrogen-bond acceptors (Lipinski definition) is 6. The lowest BCUT2D eigenvalue weighted by Gasteiger charge is -2.50. The number of carboxylic acid groups (broad SMARTS) is 1. The van der Waals surface area contributed by atoms with Crippen LogP contribution in [0.4, 0.5) is 5.82 Å². The van der Waals surface area contributed by atoms with Crippen LogP contribution in [0, 0.1) is 5.41 Å². The highest BCUT2D eigenvalue weighted by atomic mass is 16.5. The van der Waals surface area contributed by atoms with Gasteiger partial charge in [0.1, 0.15) is 17.6 Å². The SMILES string of the molecule is COc1cccc(CC2(C(=O)N(C)C)CN(c3ncnc4cc[nH]c34)C2)c1.O=CO. The van der Waals surface area contributed by atoms with Gasteiger partial charge in [-0.2, -0.15) is 0 Å². The normalized spacial score (nSPS) is 14.3. The van der Waals surface area contributed by atoms with Crippen LogP contribution >= 0.6 is 0 Å². The fourth-order valence-corrected chi connectivity index (χ4v) is 3.90. The second kappa shape index (κ2) is 8.81. The second-order valence-corrected chi connectivity index (χ2v) is 7.40. The number of methoxy groups -OCH3 is 1. The zero-order valence-corrected chi connectivity index (χ0v) is 17.2. The maximum Gasteiger partial charge on any atom is 0.290 e. The summed E-state index contributed by atoms with van der Waals surface area (Å²) in [6, 6.07) is 9.85. The molecule has 0 bridgehead atoms. The quantitative estimate of drug-likeness (QED) is 0.616. The molecule has 1 fully saturated rings. The summed E-state index contributed by atoms with van der Waals surface area (Å²) in [6.07, 6.45) is 4.09. The van der Waals surface area contributed by atoms with Crippen molar-refractivity contribution >= 4 is 29.2 Å². The average molecular weight is 411 g/mol. The molecule has 30 heavy (non-hydrogen) atoms. The van der Waals surface area contributed by atoms with E-state index in [2.05, 4.69) is 19.9 Å². The number of anilines is 1. The molecule has 4 rings (SSSR count). The topological polar surface area (TPSA) is 112 Å². The molecule has 2 N–H and O–H groups in total. The number of benzene rings is 1. The minimum Gasteiger partial charge on any atom is -0.497 e. The Bertz CT molecular complexity index is 1030. The number of fused-ring (bicyclic) bond motifs is 1. The van der Waals surface area contributed by atoms with Gasteiger partial charge in [0.25, 0.3) is 6.47 Å². The third kappa shape index (κ3) is 4.05. The van der Waals surface area contributed by atoms with E-state index in [1.54, 1.807) is 18.3 Å². The summed E-state index contributed by atoms with van der Waals surface area (Å²) in [4.78, 5) is 37.1. The highest BCUT2D eigenvalue weighted by molar-refractivity contribution is 5.90. The number of aromatic amines is 1. The highest BCUT2D eigenvalue weighted by Crippen LogP contribution is 2.40. The molecular formula is C21H25N5O4. The van der Waals surface area contributed by atoms with Crippen LogP contribution in [-0.2, 0) is 16.0 Å². The number of hydrogen-bond donors (Lipinski definition) is 2. The molecule has 9 nitrogen and oxygen atoms in total. The first kappa shape index (κ1) is 21.1. The van der Waals surface area contributed by atoms with E-state index < -0.39 is 5.41 Å². The summed E-state index contributed by atoms with van der Waals surface area (Å²) in [5.41, 5.74) is 2.41. The zero-order chi connectivity index (χ0) is 21.7. The van der Waals surface area contributed by atoms with E-state index in [1.807, 2.05) is 50.6 Å². The molecule has 1 amide bonds. The largest absolute Gasteiger partial charge is 0.497 e. The molecule has 0 spiro atoms. The lowest BCUT2D eigenvalue weighted by molar-refractivity contribution is -0.141. The Morgan fingerprint density at radius 3 is 2.73 bits per heavy atom. The summed E-state index contributed by atoms with van der Waals surface area (Å²) in [6.45, 7) is 0.985. The molecule has 1 aliphatic heterocycles. The van der Waals surface area contributed by atoms with Gasteiger partial charge >= 0.3 is 0 Å². The Kier molecular flexibility index (Phi) is 6.20. The third-order valence-electron chi connectivity index (χ3n) is 5.15. The molecule has 0 aliphatic carbocycles. The van der Waals surface area contributed by atoms with E-state index in [9.17, 15) is 4.79 Å². The van der Waals surface area contributed by atoms with Gasteiger partial charge in [0.2, 0.25) is 5.91 Å². The van der Waals surface area contributed by atoms with E-state index >= 15 is 0 Å². The molecular weight excluding hydrogens is 386 g/mol. The molecule has 0 saturated carbocycles. The fourth-order valence-electron chi connectivity index (χ4n) is 3.90. The summed E-state index contributed by atoms with van der Waals surface area (Å²) >= 11 is 0. The van der Waals surface area contributed by atoms with Crippen LogP contribution in [0.2, 0.25) is 0 Å². The summed E-state index contributed by atoms with van der Waals surface area (Å²) in [5, 5.41) is 6.89. The van der Waals surface area contributed by atoms with Gasteiger partial charge in [0.15, 0.2) is 5.82 Å². The van der Waals surface area contributed by atoms with Crippen molar-refractivity contribution in [1.29, 1.82) is 0 Å². The number of nitrogens with one attached hydrogen (secondary N) is 1. The van der Waals surface area contributed by atoms with Gasteiger partial charge in [-0.15, -0.1) is 0 Å². The number of amides is 1. The van der Waals surface area contributed by atoms with Crippen molar-refractivity contribution in [2.75, 3.05) is 39.2 Å². The average Bonchev–Trinajstić information content (AvgIpc) is 3.19. The predicted molar refractivity (Wildman–Crippen MR) is 113 cm³/mol. The standard InChI is InChI=1S/C20H23N5O2.CH2O2/c1-24(2)19(26)20(10-14-5-4-6-15(9-14)27-3)11-25(12-20)18-17-16(7-8-21-17)22-13-23-18;2-1-3/h4-9,13,21H,10-12H2,1-3H3;1H,(H,2,3). The monoisotopic (exact) mass is 411 g/mol. The third-order valence-corrected chi connectivity index (χ3v) is 5.15. The molecule has 1 saturated heterocycles. The molecule has 9 heteroatoms. The van der Waals surface area contributed by atoms with Gasteiger partial charge in [-0.3, -0.25) is 9.59 Å². The molecule has 0 atom stereocenters. The molecule has 0 radical (unpaired) electrons.